The van der Waals surface area contributed by atoms with Crippen molar-refractivity contribution < 1.29 is 18.3 Å². The van der Waals surface area contributed by atoms with Crippen molar-refractivity contribution >= 4 is 16.0 Å². The van der Waals surface area contributed by atoms with Crippen molar-refractivity contribution in [2.75, 3.05) is 12.8 Å². The Morgan fingerprint density at radius 2 is 2.00 bits per heavy atom. The number of hydrogen-bond acceptors (Lipinski definition) is 4. The molecule has 0 aromatic carbocycles. The van der Waals surface area contributed by atoms with Gasteiger partial charge in [0.2, 0.25) is 10.0 Å². The average Bonchev–Trinajstić information content (AvgIpc) is 2.36. The zero-order valence-corrected chi connectivity index (χ0v) is 11.1. The molecule has 18 heavy (non-hydrogen) atoms. The maximum Gasteiger partial charge on any atom is 0.304 e. The van der Waals surface area contributed by atoms with E-state index in [-0.39, 0.29) is 6.04 Å². The molecular formula is C11H16N2O4S. The molecule has 1 aromatic rings. The van der Waals surface area contributed by atoms with Gasteiger partial charge in [0.15, 0.2) is 0 Å². The van der Waals surface area contributed by atoms with Crippen molar-refractivity contribution in [3.05, 3.63) is 30.1 Å². The number of sulfonamides is 1. The fourth-order valence-electron chi connectivity index (χ4n) is 1.45. The van der Waals surface area contributed by atoms with E-state index in [0.29, 0.717) is 0 Å². The lowest BCUT2D eigenvalue weighted by atomic mass is 10.1. The molecule has 1 heterocycles. The third-order valence-electron chi connectivity index (χ3n) is 2.75. The van der Waals surface area contributed by atoms with E-state index < -0.39 is 28.2 Å². The first-order chi connectivity index (χ1) is 8.34. The van der Waals surface area contributed by atoms with Crippen LogP contribution in [0.3, 0.4) is 0 Å². The monoisotopic (exact) mass is 272 g/mol. The van der Waals surface area contributed by atoms with Crippen molar-refractivity contribution in [1.82, 2.24) is 9.29 Å². The third-order valence-corrected chi connectivity index (χ3v) is 4.66. The van der Waals surface area contributed by atoms with Crippen molar-refractivity contribution in [3.63, 3.8) is 0 Å². The minimum absolute atomic E-state index is 0.355. The molecule has 1 aromatic heterocycles. The molecule has 100 valence electrons. The summed E-state index contributed by atoms with van der Waals surface area (Å²) in [5.41, 5.74) is 0.811. The SMILES string of the molecule is CC(c1ccncc1)N(C)S(=O)(=O)CCC(=O)O. The van der Waals surface area contributed by atoms with Crippen LogP contribution in [0.25, 0.3) is 0 Å². The van der Waals surface area contributed by atoms with Crippen LogP contribution in [0.15, 0.2) is 24.5 Å². The van der Waals surface area contributed by atoms with E-state index in [2.05, 4.69) is 4.98 Å². The van der Waals surface area contributed by atoms with Crippen LogP contribution in [0.2, 0.25) is 0 Å². The summed E-state index contributed by atoms with van der Waals surface area (Å²) >= 11 is 0. The van der Waals surface area contributed by atoms with Crippen LogP contribution in [-0.4, -0.2) is 41.6 Å². The van der Waals surface area contributed by atoms with E-state index in [9.17, 15) is 13.2 Å². The lowest BCUT2D eigenvalue weighted by Crippen LogP contribution is -2.32. The van der Waals surface area contributed by atoms with Gasteiger partial charge < -0.3 is 5.11 Å². The van der Waals surface area contributed by atoms with Crippen LogP contribution in [0.1, 0.15) is 24.9 Å². The molecule has 0 amide bonds. The molecule has 0 saturated carbocycles. The molecule has 0 saturated heterocycles. The van der Waals surface area contributed by atoms with Gasteiger partial charge in [0.25, 0.3) is 0 Å². The fourth-order valence-corrected chi connectivity index (χ4v) is 2.78. The van der Waals surface area contributed by atoms with Gasteiger partial charge in [-0.15, -0.1) is 0 Å². The second kappa shape index (κ2) is 5.92. The van der Waals surface area contributed by atoms with E-state index in [1.54, 1.807) is 31.5 Å². The van der Waals surface area contributed by atoms with E-state index in [0.717, 1.165) is 5.56 Å². The average molecular weight is 272 g/mol. The van der Waals surface area contributed by atoms with Crippen LogP contribution >= 0.6 is 0 Å². The minimum Gasteiger partial charge on any atom is -0.481 e. The highest BCUT2D eigenvalue weighted by Gasteiger charge is 2.24. The molecule has 1 rings (SSSR count). The van der Waals surface area contributed by atoms with Gasteiger partial charge in [-0.3, -0.25) is 9.78 Å². The molecule has 6 nitrogen and oxygen atoms in total. The molecule has 0 spiro atoms. The van der Waals surface area contributed by atoms with Gasteiger partial charge in [-0.25, -0.2) is 8.42 Å². The number of carboxylic acids is 1. The standard InChI is InChI=1S/C11H16N2O4S/c1-9(10-3-6-12-7-4-10)13(2)18(16,17)8-5-11(14)15/h3-4,6-7,9H,5,8H2,1-2H3,(H,14,15). The first-order valence-electron chi connectivity index (χ1n) is 5.42. The summed E-state index contributed by atoms with van der Waals surface area (Å²) in [7, 11) is -2.12. The normalized spacial score (nSPS) is 13.5. The molecule has 0 aliphatic rings. The Morgan fingerprint density at radius 3 is 2.50 bits per heavy atom. The topological polar surface area (TPSA) is 87.6 Å². The number of nitrogens with zero attached hydrogens (tertiary/aromatic N) is 2. The fraction of sp³-hybridized carbons (Fsp3) is 0.455. The maximum absolute atomic E-state index is 11.9. The maximum atomic E-state index is 11.9. The predicted octanol–water partition coefficient (Wildman–Crippen LogP) is 0.879. The molecule has 0 fully saturated rings. The quantitative estimate of drug-likeness (QED) is 0.830. The van der Waals surface area contributed by atoms with Crippen molar-refractivity contribution in [3.8, 4) is 0 Å². The lowest BCUT2D eigenvalue weighted by molar-refractivity contribution is -0.136. The number of pyridine rings is 1. The highest BCUT2D eigenvalue weighted by Crippen LogP contribution is 2.21. The van der Waals surface area contributed by atoms with Crippen molar-refractivity contribution in [2.24, 2.45) is 0 Å². The predicted molar refractivity (Wildman–Crippen MR) is 66.5 cm³/mol. The van der Waals surface area contributed by atoms with Gasteiger partial charge in [0, 0.05) is 25.5 Å². The molecule has 0 radical (unpaired) electrons. The largest absolute Gasteiger partial charge is 0.481 e. The highest BCUT2D eigenvalue weighted by atomic mass is 32.2. The first-order valence-corrected chi connectivity index (χ1v) is 7.03. The zero-order chi connectivity index (χ0) is 13.8. The zero-order valence-electron chi connectivity index (χ0n) is 10.3. The lowest BCUT2D eigenvalue weighted by Gasteiger charge is -2.24. The van der Waals surface area contributed by atoms with Crippen molar-refractivity contribution in [2.45, 2.75) is 19.4 Å². The van der Waals surface area contributed by atoms with E-state index in [1.807, 2.05) is 0 Å². The highest BCUT2D eigenvalue weighted by molar-refractivity contribution is 7.89. The number of aromatic nitrogens is 1. The second-order valence-corrected chi connectivity index (χ2v) is 6.08. The van der Waals surface area contributed by atoms with Gasteiger partial charge in [0.1, 0.15) is 0 Å². The van der Waals surface area contributed by atoms with Crippen LogP contribution in [0, 0.1) is 0 Å². The van der Waals surface area contributed by atoms with Crippen LogP contribution in [0.4, 0.5) is 0 Å². The van der Waals surface area contributed by atoms with E-state index in [4.69, 9.17) is 5.11 Å². The Morgan fingerprint density at radius 1 is 1.44 bits per heavy atom. The number of rotatable bonds is 6. The first kappa shape index (κ1) is 14.6. The summed E-state index contributed by atoms with van der Waals surface area (Å²) in [6.07, 6.45) is 2.78. The molecule has 7 heteroatoms. The van der Waals surface area contributed by atoms with Gasteiger partial charge in [0.05, 0.1) is 12.2 Å². The number of aliphatic carboxylic acids is 1. The summed E-state index contributed by atoms with van der Waals surface area (Å²) in [5.74, 6) is -1.52. The molecule has 1 atom stereocenters. The summed E-state index contributed by atoms with van der Waals surface area (Å²) < 4.78 is 25.0. The molecule has 0 aliphatic carbocycles. The van der Waals surface area contributed by atoms with Gasteiger partial charge in [-0.1, -0.05) is 0 Å². The summed E-state index contributed by atoms with van der Waals surface area (Å²) in [6.45, 7) is 1.74. The molecule has 0 bridgehead atoms. The molecular weight excluding hydrogens is 256 g/mol. The van der Waals surface area contributed by atoms with Crippen LogP contribution in [0.5, 0.6) is 0 Å². The molecule has 1 unspecified atom stereocenters. The van der Waals surface area contributed by atoms with Crippen molar-refractivity contribution in [1.29, 1.82) is 0 Å². The van der Waals surface area contributed by atoms with Gasteiger partial charge in [-0.2, -0.15) is 4.31 Å². The van der Waals surface area contributed by atoms with E-state index in [1.165, 1.54) is 11.4 Å². The summed E-state index contributed by atoms with van der Waals surface area (Å²) in [6, 6.07) is 3.11. The van der Waals surface area contributed by atoms with Gasteiger partial charge >= 0.3 is 5.97 Å². The smallest absolute Gasteiger partial charge is 0.304 e. The number of carbonyl (C=O) groups is 1. The third kappa shape index (κ3) is 3.78. The Hall–Kier alpha value is -1.47. The van der Waals surface area contributed by atoms with Gasteiger partial charge in [-0.05, 0) is 24.6 Å². The van der Waals surface area contributed by atoms with E-state index >= 15 is 0 Å². The van der Waals surface area contributed by atoms with Crippen LogP contribution in [-0.2, 0) is 14.8 Å². The minimum atomic E-state index is -3.57. The summed E-state index contributed by atoms with van der Waals surface area (Å²) in [4.78, 5) is 14.3. The Labute approximate surface area is 106 Å². The Kier molecular flexibility index (Phi) is 4.80. The van der Waals surface area contributed by atoms with Crippen LogP contribution < -0.4 is 0 Å². The Bertz CT molecular complexity index is 501. The Balaban J connectivity index is 2.80. The number of carboxylic acid groups (broad SMARTS) is 1. The molecule has 1 N–H and O–H groups in total. The molecule has 0 aliphatic heterocycles. The number of hydrogen-bond donors (Lipinski definition) is 1. The summed E-state index contributed by atoms with van der Waals surface area (Å²) in [5, 5.41) is 8.52. The second-order valence-electron chi connectivity index (χ2n) is 3.93.